The van der Waals surface area contributed by atoms with E-state index in [9.17, 15) is 0 Å². The van der Waals surface area contributed by atoms with Crippen molar-refractivity contribution >= 4 is 16.9 Å². The minimum absolute atomic E-state index is 0.374. The largest absolute Gasteiger partial charge is 0.300 e. The van der Waals surface area contributed by atoms with Crippen LogP contribution in [0.15, 0.2) is 60.7 Å². The molecule has 2 aliphatic rings. The lowest BCUT2D eigenvalue weighted by Gasteiger charge is -2.34. The van der Waals surface area contributed by atoms with E-state index >= 15 is 0 Å². The third-order valence-electron chi connectivity index (χ3n) is 4.58. The molecule has 1 N–H and O–H groups in total. The molecule has 2 unspecified atom stereocenters. The van der Waals surface area contributed by atoms with E-state index < -0.39 is 0 Å². The Morgan fingerprint density at radius 3 is 2.71 bits per heavy atom. The van der Waals surface area contributed by atoms with Gasteiger partial charge in [-0.25, -0.2) is 0 Å². The van der Waals surface area contributed by atoms with Crippen molar-refractivity contribution in [2.24, 2.45) is 11.8 Å². The molecule has 0 amide bonds. The first-order chi connectivity index (χ1) is 10.1. The zero-order chi connectivity index (χ0) is 15.0. The van der Waals surface area contributed by atoms with Gasteiger partial charge in [0.25, 0.3) is 0 Å². The molecule has 0 heterocycles. The average molecular weight is 275 g/mol. The maximum atomic E-state index is 8.59. The highest BCUT2D eigenvalue weighted by atomic mass is 14.5. The molecule has 0 aliphatic heterocycles. The lowest BCUT2D eigenvalue weighted by Crippen LogP contribution is -2.25. The average Bonchev–Trinajstić information content (AvgIpc) is 2.52. The van der Waals surface area contributed by atoms with Crippen LogP contribution >= 0.6 is 0 Å². The van der Waals surface area contributed by atoms with E-state index in [-0.39, 0.29) is 0 Å². The molecule has 1 heteroatoms. The van der Waals surface area contributed by atoms with Gasteiger partial charge in [-0.1, -0.05) is 62.1 Å². The summed E-state index contributed by atoms with van der Waals surface area (Å²) in [7, 11) is 0. The first-order valence-corrected chi connectivity index (χ1v) is 7.56. The molecule has 106 valence electrons. The summed E-state index contributed by atoms with van der Waals surface area (Å²) in [5, 5.41) is 8.59. The third kappa shape index (κ3) is 2.13. The van der Waals surface area contributed by atoms with E-state index in [0.717, 1.165) is 17.6 Å². The highest BCUT2D eigenvalue weighted by molar-refractivity contribution is 6.35. The van der Waals surface area contributed by atoms with E-state index in [1.807, 2.05) is 6.07 Å². The third-order valence-corrected chi connectivity index (χ3v) is 4.58. The Labute approximate surface area is 126 Å². The van der Waals surface area contributed by atoms with Crippen molar-refractivity contribution < 1.29 is 0 Å². The molecular formula is C20H21N. The second-order valence-electron chi connectivity index (χ2n) is 5.86. The highest BCUT2D eigenvalue weighted by Crippen LogP contribution is 2.44. The lowest BCUT2D eigenvalue weighted by molar-refractivity contribution is 0.502. The Morgan fingerprint density at radius 1 is 1.29 bits per heavy atom. The Kier molecular flexibility index (Phi) is 3.50. The number of nitrogens with one attached hydrogen (secondary N) is 1. The molecule has 2 aliphatic carbocycles. The smallest absolute Gasteiger partial charge is 0.0653 e. The van der Waals surface area contributed by atoms with Gasteiger partial charge < -0.3 is 0 Å². The summed E-state index contributed by atoms with van der Waals surface area (Å²) in [6, 6.07) is 8.31. The monoisotopic (exact) mass is 275 g/mol. The van der Waals surface area contributed by atoms with Gasteiger partial charge in [0.15, 0.2) is 0 Å². The van der Waals surface area contributed by atoms with Gasteiger partial charge in [-0.15, -0.1) is 0 Å². The summed E-state index contributed by atoms with van der Waals surface area (Å²) >= 11 is 0. The maximum Gasteiger partial charge on any atom is 0.0653 e. The summed E-state index contributed by atoms with van der Waals surface area (Å²) < 4.78 is 0. The Balaban J connectivity index is 2.19. The molecule has 0 fully saturated rings. The quantitative estimate of drug-likeness (QED) is 0.710. The summed E-state index contributed by atoms with van der Waals surface area (Å²) in [4.78, 5) is 0. The number of benzene rings is 1. The molecule has 0 aromatic heterocycles. The van der Waals surface area contributed by atoms with Gasteiger partial charge in [0.1, 0.15) is 0 Å². The van der Waals surface area contributed by atoms with Crippen LogP contribution in [0, 0.1) is 17.2 Å². The minimum atomic E-state index is 0.374. The van der Waals surface area contributed by atoms with Gasteiger partial charge in [-0.2, -0.15) is 0 Å². The zero-order valence-electron chi connectivity index (χ0n) is 12.7. The Bertz CT molecular complexity index is 700. The van der Waals surface area contributed by atoms with Gasteiger partial charge in [-0.3, -0.25) is 5.41 Å². The molecule has 0 spiro atoms. The fourth-order valence-corrected chi connectivity index (χ4v) is 3.49. The van der Waals surface area contributed by atoms with Crippen molar-refractivity contribution in [3.8, 4) is 0 Å². The highest BCUT2D eigenvalue weighted by Gasteiger charge is 2.32. The minimum Gasteiger partial charge on any atom is -0.300 e. The molecule has 21 heavy (non-hydrogen) atoms. The molecule has 1 aromatic rings. The zero-order valence-corrected chi connectivity index (χ0v) is 12.7. The molecule has 1 nitrogen and oxygen atoms in total. The van der Waals surface area contributed by atoms with Gasteiger partial charge in [-0.05, 0) is 47.5 Å². The molecule has 0 saturated heterocycles. The summed E-state index contributed by atoms with van der Waals surface area (Å²) in [5.74, 6) is 0.808. The number of allylic oxidation sites excluding steroid dienone is 7. The van der Waals surface area contributed by atoms with Crippen LogP contribution < -0.4 is 0 Å². The molecule has 0 saturated carbocycles. The number of rotatable bonds is 2. The number of hydrogen-bond acceptors (Lipinski definition) is 1. The topological polar surface area (TPSA) is 23.9 Å². The van der Waals surface area contributed by atoms with Gasteiger partial charge in [0.05, 0.1) is 5.71 Å². The van der Waals surface area contributed by atoms with Crippen LogP contribution in [-0.4, -0.2) is 5.71 Å². The van der Waals surface area contributed by atoms with Crippen molar-refractivity contribution in [3.63, 3.8) is 0 Å². The molecule has 0 bridgehead atoms. The molecule has 2 atom stereocenters. The maximum absolute atomic E-state index is 8.59. The van der Waals surface area contributed by atoms with Crippen LogP contribution in [0.1, 0.15) is 31.4 Å². The van der Waals surface area contributed by atoms with Crippen molar-refractivity contribution in [1.82, 2.24) is 0 Å². The van der Waals surface area contributed by atoms with Gasteiger partial charge in [0.2, 0.25) is 0 Å². The van der Waals surface area contributed by atoms with Crippen LogP contribution in [0.25, 0.3) is 11.1 Å². The number of fused-ring (bicyclic) bond motifs is 2. The summed E-state index contributed by atoms with van der Waals surface area (Å²) in [5.41, 5.74) is 6.20. The second-order valence-corrected chi connectivity index (χ2v) is 5.86. The van der Waals surface area contributed by atoms with E-state index in [2.05, 4.69) is 62.9 Å². The fourth-order valence-electron chi connectivity index (χ4n) is 3.49. The lowest BCUT2D eigenvalue weighted by atomic mass is 9.70. The second kappa shape index (κ2) is 5.33. The van der Waals surface area contributed by atoms with Crippen LogP contribution in [0.4, 0.5) is 0 Å². The Hall–Kier alpha value is -2.15. The summed E-state index contributed by atoms with van der Waals surface area (Å²) in [6.07, 6.45) is 9.79. The van der Waals surface area contributed by atoms with Crippen LogP contribution in [0.3, 0.4) is 0 Å². The van der Waals surface area contributed by atoms with Crippen molar-refractivity contribution in [2.75, 3.05) is 0 Å². The van der Waals surface area contributed by atoms with E-state index in [1.54, 1.807) is 0 Å². The first kappa shape index (κ1) is 13.8. The standard InChI is InChI=1S/C20H21N/c1-4-8-13(2)15-11-7-12-18-17-10-6-5-9-16(17)14(3)20(21)19(15)18/h4-10,12-13,15,21H,3,11H2,1-2H3. The van der Waals surface area contributed by atoms with Crippen LogP contribution in [0.5, 0.6) is 0 Å². The van der Waals surface area contributed by atoms with Crippen LogP contribution in [0.2, 0.25) is 0 Å². The summed E-state index contributed by atoms with van der Waals surface area (Å²) in [6.45, 7) is 8.47. The molecular weight excluding hydrogens is 254 g/mol. The van der Waals surface area contributed by atoms with Crippen molar-refractivity contribution in [3.05, 3.63) is 71.8 Å². The first-order valence-electron chi connectivity index (χ1n) is 7.56. The molecule has 0 radical (unpaired) electrons. The van der Waals surface area contributed by atoms with Crippen LogP contribution in [-0.2, 0) is 0 Å². The Morgan fingerprint density at radius 2 is 2.00 bits per heavy atom. The van der Waals surface area contributed by atoms with Crippen molar-refractivity contribution in [1.29, 1.82) is 5.41 Å². The van der Waals surface area contributed by atoms with Gasteiger partial charge in [0, 0.05) is 5.57 Å². The predicted octanol–water partition coefficient (Wildman–Crippen LogP) is 5.28. The normalized spacial score (nSPS) is 22.5. The van der Waals surface area contributed by atoms with E-state index in [0.29, 0.717) is 17.5 Å². The van der Waals surface area contributed by atoms with Gasteiger partial charge >= 0.3 is 0 Å². The number of hydrogen-bond donors (Lipinski definition) is 1. The molecule has 1 aromatic carbocycles. The van der Waals surface area contributed by atoms with E-state index in [1.165, 1.54) is 16.7 Å². The fraction of sp³-hybridized carbons (Fsp3) is 0.250. The molecule has 3 rings (SSSR count). The SMILES string of the molecule is C=C1C(=N)C2=C(C=CCC2C(C)C=CC)c2ccccc21. The van der Waals surface area contributed by atoms with Crippen molar-refractivity contribution in [2.45, 2.75) is 20.3 Å². The van der Waals surface area contributed by atoms with E-state index in [4.69, 9.17) is 5.41 Å². The predicted molar refractivity (Wildman–Crippen MR) is 91.3 cm³/mol.